The molecule has 0 saturated carbocycles. The van der Waals surface area contributed by atoms with Gasteiger partial charge in [-0.3, -0.25) is 4.90 Å². The van der Waals surface area contributed by atoms with Gasteiger partial charge in [0.2, 0.25) is 0 Å². The second-order valence-corrected chi connectivity index (χ2v) is 4.05. The van der Waals surface area contributed by atoms with Gasteiger partial charge in [-0.05, 0) is 38.9 Å². The van der Waals surface area contributed by atoms with E-state index in [0.29, 0.717) is 6.04 Å². The number of hydrogen-bond donors (Lipinski definition) is 0. The zero-order valence-corrected chi connectivity index (χ0v) is 10.5. The maximum Gasteiger partial charge on any atom is 0.0345 e. The fraction of sp³-hybridized carbons (Fsp3) is 0.571. The lowest BCUT2D eigenvalue weighted by Crippen LogP contribution is -2.17. The molecular weight excluding hydrogens is 182 g/mol. The summed E-state index contributed by atoms with van der Waals surface area (Å²) in [4.78, 5) is 2.45. The fourth-order valence-corrected chi connectivity index (χ4v) is 2.21. The SMILES string of the molecule is CC.Cc1cccc(C2CCCN2C)c1. The second-order valence-electron chi connectivity index (χ2n) is 4.05. The molecule has 0 aliphatic carbocycles. The van der Waals surface area contributed by atoms with Crippen LogP contribution in [0.5, 0.6) is 0 Å². The normalized spacial score (nSPS) is 20.9. The second kappa shape index (κ2) is 5.92. The maximum absolute atomic E-state index is 2.45. The molecule has 0 bridgehead atoms. The number of rotatable bonds is 1. The quantitative estimate of drug-likeness (QED) is 0.674. The van der Waals surface area contributed by atoms with Gasteiger partial charge in [0.25, 0.3) is 0 Å². The number of hydrogen-bond acceptors (Lipinski definition) is 1. The third-order valence-corrected chi connectivity index (χ3v) is 2.95. The van der Waals surface area contributed by atoms with Gasteiger partial charge < -0.3 is 0 Å². The number of aryl methyl sites for hydroxylation is 1. The highest BCUT2D eigenvalue weighted by molar-refractivity contribution is 5.25. The molecule has 1 aliphatic heterocycles. The van der Waals surface area contributed by atoms with Crippen LogP contribution in [0.3, 0.4) is 0 Å². The van der Waals surface area contributed by atoms with E-state index in [4.69, 9.17) is 0 Å². The van der Waals surface area contributed by atoms with Crippen LogP contribution in [0.15, 0.2) is 24.3 Å². The minimum atomic E-state index is 0.667. The van der Waals surface area contributed by atoms with E-state index in [-0.39, 0.29) is 0 Å². The molecule has 0 aromatic heterocycles. The van der Waals surface area contributed by atoms with Crippen molar-refractivity contribution in [1.82, 2.24) is 4.90 Å². The first-order chi connectivity index (χ1) is 7.27. The van der Waals surface area contributed by atoms with E-state index in [1.807, 2.05) is 13.8 Å². The Kier molecular flexibility index (Phi) is 4.83. The third-order valence-electron chi connectivity index (χ3n) is 2.95. The van der Waals surface area contributed by atoms with Crippen LogP contribution in [0.4, 0.5) is 0 Å². The van der Waals surface area contributed by atoms with E-state index < -0.39 is 0 Å². The average Bonchev–Trinajstić information content (AvgIpc) is 2.67. The fourth-order valence-electron chi connectivity index (χ4n) is 2.21. The summed E-state index contributed by atoms with van der Waals surface area (Å²) in [7, 11) is 2.22. The smallest absolute Gasteiger partial charge is 0.0345 e. The molecule has 0 spiro atoms. The van der Waals surface area contributed by atoms with Gasteiger partial charge >= 0.3 is 0 Å². The van der Waals surface area contributed by atoms with Crippen molar-refractivity contribution in [1.29, 1.82) is 0 Å². The first-order valence-electron chi connectivity index (χ1n) is 6.04. The lowest BCUT2D eigenvalue weighted by molar-refractivity contribution is 0.317. The van der Waals surface area contributed by atoms with Crippen LogP contribution in [-0.2, 0) is 0 Å². The molecular formula is C14H23N. The van der Waals surface area contributed by atoms with Crippen molar-refractivity contribution in [3.63, 3.8) is 0 Å². The molecule has 1 aromatic rings. The molecule has 2 rings (SSSR count). The number of likely N-dealkylation sites (tertiary alicyclic amines) is 1. The average molecular weight is 205 g/mol. The number of nitrogens with zero attached hydrogens (tertiary/aromatic N) is 1. The van der Waals surface area contributed by atoms with Crippen molar-refractivity contribution in [2.45, 2.75) is 39.7 Å². The number of benzene rings is 1. The highest BCUT2D eigenvalue weighted by Gasteiger charge is 2.21. The van der Waals surface area contributed by atoms with Crippen LogP contribution >= 0.6 is 0 Å². The standard InChI is InChI=1S/C12H17N.C2H6/c1-10-5-3-6-11(9-10)12-7-4-8-13(12)2;1-2/h3,5-6,9,12H,4,7-8H2,1-2H3;1-2H3. The molecule has 0 radical (unpaired) electrons. The molecule has 1 fully saturated rings. The molecule has 1 nitrogen and oxygen atoms in total. The Labute approximate surface area is 94.1 Å². The summed E-state index contributed by atoms with van der Waals surface area (Å²) in [6, 6.07) is 9.56. The summed E-state index contributed by atoms with van der Waals surface area (Å²) in [6.45, 7) is 7.41. The van der Waals surface area contributed by atoms with Crippen LogP contribution in [0, 0.1) is 6.92 Å². The summed E-state index contributed by atoms with van der Waals surface area (Å²) < 4.78 is 0. The monoisotopic (exact) mass is 205 g/mol. The van der Waals surface area contributed by atoms with E-state index in [0.717, 1.165) is 0 Å². The molecule has 1 aromatic carbocycles. The zero-order valence-electron chi connectivity index (χ0n) is 10.5. The molecule has 1 heteroatoms. The van der Waals surface area contributed by atoms with E-state index in [1.165, 1.54) is 30.5 Å². The van der Waals surface area contributed by atoms with Crippen LogP contribution in [0.2, 0.25) is 0 Å². The minimum absolute atomic E-state index is 0.667. The van der Waals surface area contributed by atoms with Gasteiger partial charge in [-0.25, -0.2) is 0 Å². The van der Waals surface area contributed by atoms with E-state index in [9.17, 15) is 0 Å². The molecule has 0 N–H and O–H groups in total. The summed E-state index contributed by atoms with van der Waals surface area (Å²) in [6.07, 6.45) is 2.66. The summed E-state index contributed by atoms with van der Waals surface area (Å²) in [5.74, 6) is 0. The van der Waals surface area contributed by atoms with Crippen LogP contribution in [0.25, 0.3) is 0 Å². The predicted octanol–water partition coefficient (Wildman–Crippen LogP) is 3.79. The molecule has 15 heavy (non-hydrogen) atoms. The molecule has 1 unspecified atom stereocenters. The third kappa shape index (κ3) is 3.07. The topological polar surface area (TPSA) is 3.24 Å². The summed E-state index contributed by atoms with van der Waals surface area (Å²) >= 11 is 0. The van der Waals surface area contributed by atoms with Crippen LogP contribution < -0.4 is 0 Å². The largest absolute Gasteiger partial charge is 0.299 e. The minimum Gasteiger partial charge on any atom is -0.299 e. The van der Waals surface area contributed by atoms with Gasteiger partial charge in [0.05, 0.1) is 0 Å². The van der Waals surface area contributed by atoms with E-state index in [2.05, 4.69) is 43.1 Å². The Morgan fingerprint density at radius 2 is 2.00 bits per heavy atom. The zero-order chi connectivity index (χ0) is 11.3. The first-order valence-corrected chi connectivity index (χ1v) is 6.04. The molecule has 0 amide bonds. The van der Waals surface area contributed by atoms with Gasteiger partial charge in [0.1, 0.15) is 0 Å². The molecule has 1 atom stereocenters. The Morgan fingerprint density at radius 3 is 2.53 bits per heavy atom. The molecule has 1 heterocycles. The van der Waals surface area contributed by atoms with E-state index >= 15 is 0 Å². The highest BCUT2D eigenvalue weighted by Crippen LogP contribution is 2.30. The molecule has 84 valence electrons. The van der Waals surface area contributed by atoms with Crippen LogP contribution in [0.1, 0.15) is 43.9 Å². The lowest BCUT2D eigenvalue weighted by atomic mass is 10.0. The summed E-state index contributed by atoms with van der Waals surface area (Å²) in [5.41, 5.74) is 2.86. The van der Waals surface area contributed by atoms with Crippen LogP contribution in [-0.4, -0.2) is 18.5 Å². The van der Waals surface area contributed by atoms with Crippen molar-refractivity contribution < 1.29 is 0 Å². The maximum atomic E-state index is 2.45. The molecule has 1 saturated heterocycles. The van der Waals surface area contributed by atoms with Gasteiger partial charge in [0.15, 0.2) is 0 Å². The van der Waals surface area contributed by atoms with Crippen molar-refractivity contribution >= 4 is 0 Å². The van der Waals surface area contributed by atoms with Crippen molar-refractivity contribution in [3.8, 4) is 0 Å². The first kappa shape index (κ1) is 12.3. The van der Waals surface area contributed by atoms with Gasteiger partial charge in [-0.1, -0.05) is 43.7 Å². The van der Waals surface area contributed by atoms with Gasteiger partial charge in [0, 0.05) is 6.04 Å². The Balaban J connectivity index is 0.000000531. The Morgan fingerprint density at radius 1 is 1.27 bits per heavy atom. The Bertz CT molecular complexity index is 293. The van der Waals surface area contributed by atoms with Gasteiger partial charge in [-0.2, -0.15) is 0 Å². The lowest BCUT2D eigenvalue weighted by Gasteiger charge is -2.19. The van der Waals surface area contributed by atoms with Crippen molar-refractivity contribution in [3.05, 3.63) is 35.4 Å². The highest BCUT2D eigenvalue weighted by atomic mass is 15.1. The summed E-state index contributed by atoms with van der Waals surface area (Å²) in [5, 5.41) is 0. The van der Waals surface area contributed by atoms with Crippen molar-refractivity contribution in [2.75, 3.05) is 13.6 Å². The predicted molar refractivity (Wildman–Crippen MR) is 67.1 cm³/mol. The van der Waals surface area contributed by atoms with Crippen molar-refractivity contribution in [2.24, 2.45) is 0 Å². The van der Waals surface area contributed by atoms with Gasteiger partial charge in [-0.15, -0.1) is 0 Å². The Hall–Kier alpha value is -0.820. The molecule has 1 aliphatic rings. The van der Waals surface area contributed by atoms with E-state index in [1.54, 1.807) is 0 Å².